The molecule has 0 aliphatic heterocycles. The van der Waals surface area contributed by atoms with E-state index in [9.17, 15) is 9.18 Å². The van der Waals surface area contributed by atoms with Crippen LogP contribution in [0.5, 0.6) is 0 Å². The number of amides is 1. The fourth-order valence-electron chi connectivity index (χ4n) is 3.15. The number of carbonyl (C=O) groups is 1. The van der Waals surface area contributed by atoms with Crippen molar-refractivity contribution in [2.45, 2.75) is 5.21 Å². The summed E-state index contributed by atoms with van der Waals surface area (Å²) in [7, 11) is 5.50. The summed E-state index contributed by atoms with van der Waals surface area (Å²) in [6.07, 6.45) is 6.91. The van der Waals surface area contributed by atoms with Crippen molar-refractivity contribution in [3.8, 4) is 11.3 Å². The van der Waals surface area contributed by atoms with Crippen molar-refractivity contribution in [3.63, 3.8) is 0 Å². The van der Waals surface area contributed by atoms with Crippen LogP contribution in [0.3, 0.4) is 0 Å². The summed E-state index contributed by atoms with van der Waals surface area (Å²) in [5, 5.41) is 2.87. The molecule has 0 atom stereocenters. The van der Waals surface area contributed by atoms with Gasteiger partial charge in [-0.3, -0.25) is 9.78 Å². The molecule has 0 saturated heterocycles. The molecule has 0 unspecified atom stereocenters. The highest BCUT2D eigenvalue weighted by Crippen LogP contribution is 2.24. The van der Waals surface area contributed by atoms with Crippen LogP contribution in [-0.2, 0) is 17.1 Å². The predicted octanol–water partition coefficient (Wildman–Crippen LogP) is 1.23. The number of anilines is 1. The smallest absolute Gasteiger partial charge is 0.220 e. The molecule has 0 bridgehead atoms. The molecule has 3 heterocycles. The van der Waals surface area contributed by atoms with Gasteiger partial charge in [0.05, 0.1) is 29.9 Å². The Morgan fingerprint density at radius 3 is 2.55 bits per heavy atom. The molecular weight excluding hydrogens is 367 g/mol. The molecule has 0 radical (unpaired) electrons. The molecule has 142 valence electrons. The average molecular weight is 385 g/mol. The maximum atomic E-state index is 13.2. The Morgan fingerprint density at radius 2 is 1.86 bits per heavy atom. The maximum Gasteiger partial charge on any atom is 0.220 e. The van der Waals surface area contributed by atoms with Crippen molar-refractivity contribution in [2.75, 3.05) is 5.32 Å². The van der Waals surface area contributed by atoms with Gasteiger partial charge < -0.3 is 9.88 Å². The van der Waals surface area contributed by atoms with Gasteiger partial charge in [-0.05, 0) is 29.8 Å². The Kier molecular flexibility index (Phi) is 4.66. The third-order valence-electron chi connectivity index (χ3n) is 5.06. The van der Waals surface area contributed by atoms with Crippen LogP contribution in [0.1, 0.15) is 5.56 Å². The third kappa shape index (κ3) is 3.63. The zero-order valence-electron chi connectivity index (χ0n) is 16.3. The second kappa shape index (κ2) is 7.16. The normalized spacial score (nSPS) is 11.5. The minimum Gasteiger partial charge on any atom is -0.334 e. The van der Waals surface area contributed by atoms with Crippen molar-refractivity contribution in [2.24, 2.45) is 7.05 Å². The largest absolute Gasteiger partial charge is 0.334 e. The molecule has 0 aliphatic rings. The maximum absolute atomic E-state index is 13.2. The number of aromatic nitrogens is 4. The van der Waals surface area contributed by atoms with Crippen LogP contribution in [0.25, 0.3) is 22.2 Å². The lowest BCUT2D eigenvalue weighted by atomic mass is 9.50. The minimum absolute atomic E-state index is 0.230. The Bertz CT molecular complexity index is 1210. The van der Waals surface area contributed by atoms with Crippen LogP contribution in [0.15, 0.2) is 61.3 Å². The molecule has 1 N–H and O–H groups in total. The molecule has 29 heavy (non-hydrogen) atoms. The monoisotopic (exact) mass is 385 g/mol. The summed E-state index contributed by atoms with van der Waals surface area (Å²) < 4.78 is 15.1. The average Bonchev–Trinajstić information content (AvgIpc) is 3.13. The molecular formula is C20H18B2FN5O. The first-order valence-corrected chi connectivity index (χ1v) is 9.14. The highest BCUT2D eigenvalue weighted by atomic mass is 19.1. The van der Waals surface area contributed by atoms with Crippen LogP contribution in [0, 0.1) is 5.82 Å². The number of halogens is 1. The van der Waals surface area contributed by atoms with Gasteiger partial charge in [0.25, 0.3) is 0 Å². The van der Waals surface area contributed by atoms with E-state index < -0.39 is 5.21 Å². The predicted molar refractivity (Wildman–Crippen MR) is 116 cm³/mol. The molecule has 4 aromatic rings. The van der Waals surface area contributed by atoms with E-state index in [1.807, 2.05) is 17.7 Å². The van der Waals surface area contributed by atoms with E-state index in [-0.39, 0.29) is 11.7 Å². The summed E-state index contributed by atoms with van der Waals surface area (Å²) in [5.74, 6) is -0.133. The van der Waals surface area contributed by atoms with E-state index >= 15 is 0 Å². The van der Waals surface area contributed by atoms with Crippen LogP contribution in [0.4, 0.5) is 10.2 Å². The van der Waals surface area contributed by atoms with E-state index in [1.54, 1.807) is 58.8 Å². The fourth-order valence-corrected chi connectivity index (χ4v) is 3.15. The molecule has 4 rings (SSSR count). The molecule has 6 nitrogen and oxygen atoms in total. The van der Waals surface area contributed by atoms with E-state index in [2.05, 4.69) is 20.3 Å². The number of benzene rings is 1. The second-order valence-corrected chi connectivity index (χ2v) is 7.46. The Labute approximate surface area is 169 Å². The zero-order valence-corrected chi connectivity index (χ0v) is 16.3. The topological polar surface area (TPSA) is 72.7 Å². The number of imidazole rings is 1. The van der Waals surface area contributed by atoms with E-state index in [0.29, 0.717) is 5.82 Å². The summed E-state index contributed by atoms with van der Waals surface area (Å²) in [4.78, 5) is 25.8. The number of nitrogens with zero attached hydrogens (tertiary/aromatic N) is 4. The van der Waals surface area contributed by atoms with Gasteiger partial charge >= 0.3 is 0 Å². The first kappa shape index (κ1) is 18.9. The molecule has 0 spiro atoms. The standard InChI is InChI=1S/C20H18B2FN5O/c1-28-11-24-10-17(28)13-6-12-7-18(26-9-16(12)25-8-13)27-19(29)20(21,22)14-2-4-15(23)5-3-14/h2-11H,21-22H2,1H3,(H,26,27,29). The Balaban J connectivity index is 1.63. The molecule has 0 fully saturated rings. The van der Waals surface area contributed by atoms with Crippen molar-refractivity contribution >= 4 is 38.3 Å². The lowest BCUT2D eigenvalue weighted by molar-refractivity contribution is -0.117. The van der Waals surface area contributed by atoms with E-state index in [0.717, 1.165) is 27.7 Å². The fraction of sp³-hybridized carbons (Fsp3) is 0.100. The summed E-state index contributed by atoms with van der Waals surface area (Å²) in [6, 6.07) is 9.72. The van der Waals surface area contributed by atoms with Crippen molar-refractivity contribution in [3.05, 3.63) is 72.7 Å². The van der Waals surface area contributed by atoms with Gasteiger partial charge in [0, 0.05) is 29.4 Å². The van der Waals surface area contributed by atoms with Gasteiger partial charge in [-0.15, -0.1) is 0 Å². The summed E-state index contributed by atoms with van der Waals surface area (Å²) >= 11 is 0. The zero-order chi connectivity index (χ0) is 20.6. The molecule has 1 amide bonds. The van der Waals surface area contributed by atoms with Crippen LogP contribution in [0.2, 0.25) is 0 Å². The van der Waals surface area contributed by atoms with E-state index in [4.69, 9.17) is 0 Å². The van der Waals surface area contributed by atoms with Crippen LogP contribution >= 0.6 is 0 Å². The Hall–Kier alpha value is -3.48. The number of carbonyl (C=O) groups excluding carboxylic acids is 1. The number of hydrogen-bond acceptors (Lipinski definition) is 4. The van der Waals surface area contributed by atoms with Crippen molar-refractivity contribution in [1.29, 1.82) is 0 Å². The highest BCUT2D eigenvalue weighted by molar-refractivity contribution is 6.52. The minimum atomic E-state index is -0.848. The van der Waals surface area contributed by atoms with Gasteiger partial charge in [0.2, 0.25) is 5.91 Å². The second-order valence-electron chi connectivity index (χ2n) is 7.46. The first-order chi connectivity index (χ1) is 13.8. The number of nitrogens with one attached hydrogen (secondary N) is 1. The Morgan fingerprint density at radius 1 is 1.10 bits per heavy atom. The quantitative estimate of drug-likeness (QED) is 0.537. The van der Waals surface area contributed by atoms with E-state index in [1.165, 1.54) is 12.1 Å². The first-order valence-electron chi connectivity index (χ1n) is 9.14. The lowest BCUT2D eigenvalue weighted by Gasteiger charge is -2.24. The molecule has 1 aromatic carbocycles. The molecule has 0 aliphatic carbocycles. The van der Waals surface area contributed by atoms with Crippen LogP contribution < -0.4 is 5.32 Å². The third-order valence-corrected chi connectivity index (χ3v) is 5.06. The summed E-state index contributed by atoms with van der Waals surface area (Å²) in [6.45, 7) is 0. The highest BCUT2D eigenvalue weighted by Gasteiger charge is 2.30. The van der Waals surface area contributed by atoms with Crippen LogP contribution in [-0.4, -0.2) is 41.1 Å². The lowest BCUT2D eigenvalue weighted by Crippen LogP contribution is -2.41. The number of pyridine rings is 2. The van der Waals surface area contributed by atoms with Crippen molar-refractivity contribution < 1.29 is 9.18 Å². The SMILES string of the molecule is BC(B)(C(=O)Nc1cc2cc(-c3cncn3C)cnc2cn1)c1ccc(F)cc1. The van der Waals surface area contributed by atoms with Gasteiger partial charge in [-0.1, -0.05) is 12.1 Å². The van der Waals surface area contributed by atoms with Crippen molar-refractivity contribution in [1.82, 2.24) is 19.5 Å². The van der Waals surface area contributed by atoms with Gasteiger partial charge in [0.1, 0.15) is 27.3 Å². The molecule has 3 aromatic heterocycles. The number of hydrogen-bond donors (Lipinski definition) is 1. The molecule has 9 heteroatoms. The van der Waals surface area contributed by atoms with Gasteiger partial charge in [-0.25, -0.2) is 14.4 Å². The number of rotatable bonds is 4. The number of fused-ring (bicyclic) bond motifs is 1. The van der Waals surface area contributed by atoms with Gasteiger partial charge in [-0.2, -0.15) is 0 Å². The van der Waals surface area contributed by atoms with Gasteiger partial charge in [0.15, 0.2) is 0 Å². The summed E-state index contributed by atoms with van der Waals surface area (Å²) in [5.41, 5.74) is 3.32. The molecule has 0 saturated carbocycles. The number of aryl methyl sites for hydroxylation is 1.